The second kappa shape index (κ2) is 26.4. The fourth-order valence-electron chi connectivity index (χ4n) is 10.2. The molecule has 2 amide bonds. The van der Waals surface area contributed by atoms with Crippen LogP contribution in [-0.2, 0) is 36.8 Å². The van der Waals surface area contributed by atoms with Crippen molar-refractivity contribution < 1.29 is 77.7 Å². The quantitative estimate of drug-likeness (QED) is 0.0187. The summed E-state index contributed by atoms with van der Waals surface area (Å²) in [5.74, 6) is -3.77. The number of halogens is 10. The standard InChI is InChI=1S/C56H66F10N8O7/c1-53(2,55(61,62)63)41(26-48(77)80-5)50(78)71-73(30-40-42(57)23-35(24-43(40)58)44(67)20-21-68-51(59)60)31-46(76)36(25-45(75)49(70-52(79)81-6)54(3,4)56(64,65)66)22-33-13-10-32(11-14-33)12-15-34-16-19-47(69-27-34)72-28-38-17-18-39(29-72)74(38)37-8-7-9-37/h10-11,13-14,16,19-21,23-24,27,36-39,41,46,49,51,76H,7-9,17-18,22,25-26,28-31,67H2,1-6H3,(H,70,79)(H,71,78)/t36-,38?,39?,41-,46+,49-/m1/s1. The van der Waals surface area contributed by atoms with Gasteiger partial charge in [-0.05, 0) is 99.9 Å². The number of pyridine rings is 1. The summed E-state index contributed by atoms with van der Waals surface area (Å²) in [5, 5.41) is 14.6. The highest BCUT2D eigenvalue weighted by Crippen LogP contribution is 2.46. The van der Waals surface area contributed by atoms with Crippen molar-refractivity contribution >= 4 is 41.5 Å². The van der Waals surface area contributed by atoms with Gasteiger partial charge in [-0.1, -0.05) is 44.2 Å². The van der Waals surface area contributed by atoms with Crippen LogP contribution in [0.25, 0.3) is 5.70 Å². The third-order valence-electron chi connectivity index (χ3n) is 15.6. The molecule has 2 saturated heterocycles. The molecule has 3 aliphatic rings. The Balaban J connectivity index is 1.31. The Hall–Kier alpha value is -6.78. The number of hydrogen-bond acceptors (Lipinski definition) is 13. The minimum atomic E-state index is -5.16. The van der Waals surface area contributed by atoms with Gasteiger partial charge in [0.1, 0.15) is 23.5 Å². The van der Waals surface area contributed by atoms with Gasteiger partial charge in [0.2, 0.25) is 5.91 Å². The van der Waals surface area contributed by atoms with Crippen LogP contribution >= 0.6 is 0 Å². The number of aliphatic hydroxyl groups excluding tert-OH is 1. The summed E-state index contributed by atoms with van der Waals surface area (Å²) in [6.07, 6.45) is -7.06. The molecular weight excluding hydrogens is 1090 g/mol. The molecule has 6 atom stereocenters. The summed E-state index contributed by atoms with van der Waals surface area (Å²) in [7, 11) is 1.70. The highest BCUT2D eigenvalue weighted by atomic mass is 19.4. The summed E-state index contributed by atoms with van der Waals surface area (Å²) in [4.78, 5) is 65.7. The zero-order valence-corrected chi connectivity index (χ0v) is 45.4. The SMILES string of the molecule is COC(=O)C[C@H](C(=O)NN(Cc1c(F)cc(C(N)=CC=NC(F)F)cc1F)C[C@H](O)[C@@H](CC(=O)[C@@H](NC(=O)OC)C(C)(C)C(F)(F)F)Cc1ccc(C#Cc2ccc(N3CC4CCC(C3)N4C3CCC3)nc2)cc1)C(C)(C)C(F)(F)F. The molecule has 442 valence electrons. The van der Waals surface area contributed by atoms with Gasteiger partial charge in [0.25, 0.3) is 0 Å². The second-order valence-corrected chi connectivity index (χ2v) is 21.7. The minimum absolute atomic E-state index is 0.347. The maximum atomic E-state index is 16.0. The Kier molecular flexibility index (Phi) is 20.7. The number of aliphatic imine (C=N–C) groups is 1. The molecule has 1 aliphatic carbocycles. The van der Waals surface area contributed by atoms with E-state index in [1.165, 1.54) is 19.3 Å². The van der Waals surface area contributed by atoms with Gasteiger partial charge < -0.3 is 30.5 Å². The van der Waals surface area contributed by atoms with Crippen LogP contribution in [0.5, 0.6) is 0 Å². The van der Waals surface area contributed by atoms with Gasteiger partial charge in [-0.2, -0.15) is 35.1 Å². The van der Waals surface area contributed by atoms with Crippen LogP contribution in [0.1, 0.15) is 100 Å². The van der Waals surface area contributed by atoms with E-state index in [1.54, 1.807) is 30.5 Å². The number of hydrazine groups is 1. The van der Waals surface area contributed by atoms with Crippen molar-refractivity contribution in [3.05, 3.63) is 100 Å². The number of Topliss-reactive ketones (excluding diaryl/α,β-unsaturated/α-hetero) is 1. The third-order valence-corrected chi connectivity index (χ3v) is 15.6. The van der Waals surface area contributed by atoms with E-state index in [9.17, 15) is 59.4 Å². The summed E-state index contributed by atoms with van der Waals surface area (Å²) in [5.41, 5.74) is 1.70. The van der Waals surface area contributed by atoms with Crippen LogP contribution in [0.2, 0.25) is 0 Å². The monoisotopic (exact) mass is 1150 g/mol. The van der Waals surface area contributed by atoms with Crippen LogP contribution < -0.4 is 21.4 Å². The number of piperazine rings is 1. The normalized spacial score (nSPS) is 18.9. The Bertz CT molecular complexity index is 2800. The topological polar surface area (TPSA) is 192 Å². The number of alkyl halides is 8. The maximum absolute atomic E-state index is 16.0. The molecule has 1 aromatic heterocycles. The van der Waals surface area contributed by atoms with Crippen molar-refractivity contribution in [2.75, 3.05) is 38.8 Å². The number of methoxy groups -OCH3 is 2. The minimum Gasteiger partial charge on any atom is -0.469 e. The lowest BCUT2D eigenvalue weighted by Crippen LogP contribution is -2.58. The predicted molar refractivity (Wildman–Crippen MR) is 279 cm³/mol. The van der Waals surface area contributed by atoms with Gasteiger partial charge in [0.15, 0.2) is 5.78 Å². The Morgan fingerprint density at radius 2 is 1.44 bits per heavy atom. The fraction of sp³-hybridized carbons (Fsp3) is 0.536. The molecule has 0 radical (unpaired) electrons. The van der Waals surface area contributed by atoms with E-state index in [-0.39, 0.29) is 12.0 Å². The first-order valence-corrected chi connectivity index (χ1v) is 26.1. The molecular formula is C56H66F10N8O7. The average molecular weight is 1150 g/mol. The lowest BCUT2D eigenvalue weighted by molar-refractivity contribution is -0.231. The molecule has 2 aromatic carbocycles. The van der Waals surface area contributed by atoms with E-state index in [4.69, 9.17) is 10.7 Å². The number of allylic oxidation sites excluding steroid dienone is 1. The number of fused-ring (bicyclic) bond motifs is 2. The smallest absolute Gasteiger partial charge is 0.407 e. The Morgan fingerprint density at radius 3 is 1.96 bits per heavy atom. The first-order valence-electron chi connectivity index (χ1n) is 26.1. The molecule has 1 saturated carbocycles. The van der Waals surface area contributed by atoms with Crippen molar-refractivity contribution in [3.8, 4) is 11.8 Å². The highest BCUT2D eigenvalue weighted by Gasteiger charge is 2.57. The van der Waals surface area contributed by atoms with Crippen molar-refractivity contribution in [2.45, 2.75) is 135 Å². The number of ketones is 1. The number of carbonyl (C=O) groups is 4. The summed E-state index contributed by atoms with van der Waals surface area (Å²) < 4.78 is 154. The lowest BCUT2D eigenvalue weighted by Gasteiger charge is -2.48. The van der Waals surface area contributed by atoms with Crippen LogP contribution in [-0.4, -0.2) is 133 Å². The van der Waals surface area contributed by atoms with E-state index in [0.717, 1.165) is 52.0 Å². The summed E-state index contributed by atoms with van der Waals surface area (Å²) in [6, 6.07) is 10.7. The lowest BCUT2D eigenvalue weighted by atomic mass is 9.75. The summed E-state index contributed by atoms with van der Waals surface area (Å²) >= 11 is 0. The molecule has 5 N–H and O–H groups in total. The molecule has 15 nitrogen and oxygen atoms in total. The van der Waals surface area contributed by atoms with Crippen LogP contribution in [0, 0.1) is 46.1 Å². The number of aliphatic hydroxyl groups is 1. The predicted octanol–water partition coefficient (Wildman–Crippen LogP) is 8.65. The first kappa shape index (κ1) is 63.4. The number of amides is 2. The van der Waals surface area contributed by atoms with E-state index < -0.39 is 126 Å². The largest absolute Gasteiger partial charge is 0.469 e. The zero-order valence-electron chi connectivity index (χ0n) is 45.4. The van der Waals surface area contributed by atoms with Gasteiger partial charge in [-0.15, -0.1) is 0 Å². The molecule has 3 aromatic rings. The maximum Gasteiger partial charge on any atom is 0.407 e. The third kappa shape index (κ3) is 15.8. The van der Waals surface area contributed by atoms with Crippen molar-refractivity contribution in [1.82, 2.24) is 25.6 Å². The number of alkyl carbamates (subject to hydrolysis) is 1. The highest BCUT2D eigenvalue weighted by molar-refractivity contribution is 5.89. The summed E-state index contributed by atoms with van der Waals surface area (Å²) in [6.45, 7) is -0.982. The van der Waals surface area contributed by atoms with Gasteiger partial charge >= 0.3 is 31.0 Å². The molecule has 2 unspecified atom stereocenters. The average Bonchev–Trinajstić information content (AvgIpc) is 3.79. The molecule has 0 spiro atoms. The number of nitrogens with two attached hydrogens (primary N) is 1. The van der Waals surface area contributed by atoms with Gasteiger partial charge in [-0.3, -0.25) is 24.7 Å². The number of ether oxygens (including phenoxy) is 2. The van der Waals surface area contributed by atoms with Crippen molar-refractivity contribution in [1.29, 1.82) is 0 Å². The number of anilines is 1. The molecule has 2 aliphatic heterocycles. The van der Waals surface area contributed by atoms with Gasteiger partial charge in [0, 0.05) is 91.1 Å². The molecule has 2 bridgehead atoms. The van der Waals surface area contributed by atoms with Crippen LogP contribution in [0.4, 0.5) is 54.5 Å². The van der Waals surface area contributed by atoms with Crippen LogP contribution in [0.15, 0.2) is 65.8 Å². The van der Waals surface area contributed by atoms with E-state index in [0.29, 0.717) is 85.9 Å². The van der Waals surface area contributed by atoms with Crippen molar-refractivity contribution in [2.24, 2.45) is 33.4 Å². The van der Waals surface area contributed by atoms with E-state index >= 15 is 8.78 Å². The zero-order chi connectivity index (χ0) is 59.8. The molecule has 81 heavy (non-hydrogen) atoms. The van der Waals surface area contributed by atoms with Crippen molar-refractivity contribution in [3.63, 3.8) is 0 Å². The number of nitrogens with one attached hydrogen (secondary N) is 2. The number of carbonyl (C=O) groups excluding carboxylic acids is 4. The number of benzene rings is 2. The number of aromatic nitrogens is 1. The second-order valence-electron chi connectivity index (χ2n) is 21.7. The number of nitrogens with zero attached hydrogens (tertiary/aromatic N) is 5. The Morgan fingerprint density at radius 1 is 0.852 bits per heavy atom. The number of esters is 1. The fourth-order valence-corrected chi connectivity index (χ4v) is 10.2. The molecule has 3 heterocycles. The van der Waals surface area contributed by atoms with Gasteiger partial charge in [-0.25, -0.2) is 28.6 Å². The molecule has 6 rings (SSSR count). The van der Waals surface area contributed by atoms with Crippen LogP contribution in [0.3, 0.4) is 0 Å². The molecule has 3 fully saturated rings. The van der Waals surface area contributed by atoms with E-state index in [2.05, 4.69) is 41.5 Å². The molecule has 25 heteroatoms. The Labute approximate surface area is 462 Å². The number of hydrogen-bond donors (Lipinski definition) is 4. The first-order chi connectivity index (χ1) is 37.9. The number of rotatable bonds is 22. The van der Waals surface area contributed by atoms with Gasteiger partial charge in [0.05, 0.1) is 43.5 Å². The van der Waals surface area contributed by atoms with E-state index in [1.807, 2.05) is 17.4 Å².